The van der Waals surface area contributed by atoms with Crippen LogP contribution in [-0.4, -0.2) is 26.2 Å². The maximum Gasteiger partial charge on any atom is 0.333 e. The fraction of sp³-hybridized carbons (Fsp3) is 0.667. The van der Waals surface area contributed by atoms with Gasteiger partial charge in [0.05, 0.1) is 14.2 Å². The second kappa shape index (κ2) is 8.95. The number of hydrogen-bond donors (Lipinski definition) is 0. The first-order chi connectivity index (χ1) is 7.65. The second-order valence-electron chi connectivity index (χ2n) is 3.49. The van der Waals surface area contributed by atoms with Gasteiger partial charge in [0, 0.05) is 11.6 Å². The summed E-state index contributed by atoms with van der Waals surface area (Å²) in [7, 11) is 2.59. The van der Waals surface area contributed by atoms with E-state index in [0.717, 1.165) is 25.7 Å². The van der Waals surface area contributed by atoms with E-state index >= 15 is 0 Å². The minimum absolute atomic E-state index is 0.380. The van der Waals surface area contributed by atoms with E-state index in [1.807, 2.05) is 0 Å². The van der Waals surface area contributed by atoms with Crippen LogP contribution >= 0.6 is 0 Å². The van der Waals surface area contributed by atoms with E-state index < -0.39 is 11.9 Å². The highest BCUT2D eigenvalue weighted by Gasteiger charge is 2.11. The molecule has 0 aromatic rings. The molecule has 0 saturated heterocycles. The van der Waals surface area contributed by atoms with Crippen LogP contribution in [0.2, 0.25) is 0 Å². The number of rotatable bonds is 7. The van der Waals surface area contributed by atoms with Crippen LogP contribution in [0, 0.1) is 0 Å². The maximum atomic E-state index is 11.3. The summed E-state index contributed by atoms with van der Waals surface area (Å²) >= 11 is 0. The predicted octanol–water partition coefficient (Wildman–Crippen LogP) is 2.23. The van der Waals surface area contributed by atoms with E-state index in [4.69, 9.17) is 0 Å². The van der Waals surface area contributed by atoms with Gasteiger partial charge < -0.3 is 9.47 Å². The molecule has 0 aromatic carbocycles. The molecule has 0 unspecified atom stereocenters. The normalized spacial score (nSPS) is 11.1. The minimum Gasteiger partial charge on any atom is -0.466 e. The molecule has 4 heteroatoms. The fourth-order valence-electron chi connectivity index (χ4n) is 1.31. The van der Waals surface area contributed by atoms with Gasteiger partial charge in [-0.25, -0.2) is 9.59 Å². The molecule has 16 heavy (non-hydrogen) atoms. The Morgan fingerprint density at radius 3 is 2.25 bits per heavy atom. The van der Waals surface area contributed by atoms with Crippen molar-refractivity contribution >= 4 is 11.9 Å². The lowest BCUT2D eigenvalue weighted by Gasteiger charge is -2.04. The van der Waals surface area contributed by atoms with Gasteiger partial charge in [0.1, 0.15) is 0 Å². The van der Waals surface area contributed by atoms with Crippen molar-refractivity contribution in [1.82, 2.24) is 0 Å². The van der Waals surface area contributed by atoms with E-state index in [1.54, 1.807) is 0 Å². The average molecular weight is 228 g/mol. The molecule has 0 amide bonds. The van der Waals surface area contributed by atoms with Crippen molar-refractivity contribution in [1.29, 1.82) is 0 Å². The van der Waals surface area contributed by atoms with E-state index in [9.17, 15) is 9.59 Å². The molecule has 0 aliphatic rings. The first-order valence-electron chi connectivity index (χ1n) is 5.52. The molecule has 0 bridgehead atoms. The number of carbonyl (C=O) groups excluding carboxylic acids is 2. The van der Waals surface area contributed by atoms with Crippen molar-refractivity contribution in [3.63, 3.8) is 0 Å². The lowest BCUT2D eigenvalue weighted by Crippen LogP contribution is -2.08. The van der Waals surface area contributed by atoms with E-state index in [0.29, 0.717) is 12.0 Å². The Labute approximate surface area is 96.6 Å². The van der Waals surface area contributed by atoms with Crippen LogP contribution in [-0.2, 0) is 19.1 Å². The third-order valence-corrected chi connectivity index (χ3v) is 2.24. The third-order valence-electron chi connectivity index (χ3n) is 2.24. The van der Waals surface area contributed by atoms with E-state index in [2.05, 4.69) is 16.4 Å². The van der Waals surface area contributed by atoms with Crippen molar-refractivity contribution in [3.05, 3.63) is 11.6 Å². The highest BCUT2D eigenvalue weighted by atomic mass is 16.5. The predicted molar refractivity (Wildman–Crippen MR) is 60.9 cm³/mol. The second-order valence-corrected chi connectivity index (χ2v) is 3.49. The summed E-state index contributed by atoms with van der Waals surface area (Å²) in [4.78, 5) is 22.4. The summed E-state index contributed by atoms with van der Waals surface area (Å²) in [5, 5.41) is 0. The number of methoxy groups -OCH3 is 2. The molecule has 0 fully saturated rings. The van der Waals surface area contributed by atoms with Crippen LogP contribution in [0.3, 0.4) is 0 Å². The zero-order valence-corrected chi connectivity index (χ0v) is 10.2. The Morgan fingerprint density at radius 2 is 1.75 bits per heavy atom. The summed E-state index contributed by atoms with van der Waals surface area (Å²) in [6.45, 7) is 2.12. The largest absolute Gasteiger partial charge is 0.466 e. The quantitative estimate of drug-likeness (QED) is 0.381. The standard InChI is InChI=1S/C12H20O4/c1-4-5-6-7-8-10(12(14)16-3)9-11(13)15-2/h9H,4-8H2,1-3H3. The van der Waals surface area contributed by atoms with Gasteiger partial charge in [-0.1, -0.05) is 26.2 Å². The topological polar surface area (TPSA) is 52.6 Å². The molecule has 0 rings (SSSR count). The zero-order valence-electron chi connectivity index (χ0n) is 10.2. The Kier molecular flexibility index (Phi) is 8.21. The van der Waals surface area contributed by atoms with Gasteiger partial charge in [-0.15, -0.1) is 0 Å². The van der Waals surface area contributed by atoms with Crippen LogP contribution in [0.4, 0.5) is 0 Å². The lowest BCUT2D eigenvalue weighted by molar-refractivity contribution is -0.138. The van der Waals surface area contributed by atoms with Crippen molar-refractivity contribution < 1.29 is 19.1 Å². The molecular weight excluding hydrogens is 208 g/mol. The van der Waals surface area contributed by atoms with Gasteiger partial charge in [0.15, 0.2) is 0 Å². The molecule has 0 aliphatic heterocycles. The maximum absolute atomic E-state index is 11.3. The SMILES string of the molecule is CCCCCCC(=CC(=O)OC)C(=O)OC. The zero-order chi connectivity index (χ0) is 12.4. The van der Waals surface area contributed by atoms with Gasteiger partial charge in [-0.3, -0.25) is 0 Å². The van der Waals surface area contributed by atoms with Crippen LogP contribution in [0.15, 0.2) is 11.6 Å². The number of hydrogen-bond acceptors (Lipinski definition) is 4. The third kappa shape index (κ3) is 6.22. The summed E-state index contributed by atoms with van der Waals surface area (Å²) < 4.78 is 9.08. The van der Waals surface area contributed by atoms with Crippen molar-refractivity contribution in [2.24, 2.45) is 0 Å². The molecule has 92 valence electrons. The van der Waals surface area contributed by atoms with Crippen molar-refractivity contribution in [2.45, 2.75) is 39.0 Å². The molecular formula is C12H20O4. The molecule has 0 spiro atoms. The smallest absolute Gasteiger partial charge is 0.333 e. The Bertz CT molecular complexity index is 256. The first kappa shape index (κ1) is 14.7. The van der Waals surface area contributed by atoms with Crippen LogP contribution in [0.5, 0.6) is 0 Å². The van der Waals surface area contributed by atoms with Crippen LogP contribution in [0.25, 0.3) is 0 Å². The monoisotopic (exact) mass is 228 g/mol. The Balaban J connectivity index is 4.27. The minimum atomic E-state index is -0.518. The lowest BCUT2D eigenvalue weighted by atomic mass is 10.1. The Morgan fingerprint density at radius 1 is 1.06 bits per heavy atom. The number of ether oxygens (including phenoxy) is 2. The molecule has 0 N–H and O–H groups in total. The van der Waals surface area contributed by atoms with E-state index in [1.165, 1.54) is 20.3 Å². The first-order valence-corrected chi connectivity index (χ1v) is 5.52. The molecule has 0 radical (unpaired) electrons. The van der Waals surface area contributed by atoms with E-state index in [-0.39, 0.29) is 0 Å². The van der Waals surface area contributed by atoms with Gasteiger partial charge in [-0.2, -0.15) is 0 Å². The highest BCUT2D eigenvalue weighted by molar-refractivity contribution is 5.96. The van der Waals surface area contributed by atoms with Gasteiger partial charge in [0.2, 0.25) is 0 Å². The number of esters is 2. The number of carbonyl (C=O) groups is 2. The van der Waals surface area contributed by atoms with Gasteiger partial charge in [-0.05, 0) is 12.8 Å². The summed E-state index contributed by atoms with van der Waals surface area (Å²) in [5.41, 5.74) is 0.380. The van der Waals surface area contributed by atoms with Gasteiger partial charge in [0.25, 0.3) is 0 Å². The summed E-state index contributed by atoms with van der Waals surface area (Å²) in [5.74, 6) is -0.974. The molecule has 4 nitrogen and oxygen atoms in total. The van der Waals surface area contributed by atoms with Crippen molar-refractivity contribution in [3.8, 4) is 0 Å². The fourth-order valence-corrected chi connectivity index (χ4v) is 1.31. The average Bonchev–Trinajstić information content (AvgIpc) is 2.31. The summed E-state index contributed by atoms with van der Waals surface area (Å²) in [6.07, 6.45) is 5.96. The summed E-state index contributed by atoms with van der Waals surface area (Å²) in [6, 6.07) is 0. The van der Waals surface area contributed by atoms with Gasteiger partial charge >= 0.3 is 11.9 Å². The molecule has 0 aromatic heterocycles. The molecule has 0 heterocycles. The number of unbranched alkanes of at least 4 members (excludes halogenated alkanes) is 3. The highest BCUT2D eigenvalue weighted by Crippen LogP contribution is 2.11. The molecule has 0 aliphatic carbocycles. The molecule has 0 saturated carbocycles. The van der Waals surface area contributed by atoms with Crippen molar-refractivity contribution in [2.75, 3.05) is 14.2 Å². The van der Waals surface area contributed by atoms with Crippen LogP contribution in [0.1, 0.15) is 39.0 Å². The Hall–Kier alpha value is -1.32. The van der Waals surface area contributed by atoms with Crippen LogP contribution < -0.4 is 0 Å². The molecule has 0 atom stereocenters.